The fourth-order valence-electron chi connectivity index (χ4n) is 2.02. The summed E-state index contributed by atoms with van der Waals surface area (Å²) in [5, 5.41) is 3.13. The first kappa shape index (κ1) is 12.8. The van der Waals surface area contributed by atoms with Gasteiger partial charge in [-0.15, -0.1) is 0 Å². The molecular formula is C16H20N2. The smallest absolute Gasteiger partial charge is 0.0306 e. The molecule has 0 radical (unpaired) electrons. The highest BCUT2D eigenvalue weighted by Crippen LogP contribution is 2.21. The van der Waals surface area contributed by atoms with Crippen molar-refractivity contribution in [1.82, 2.24) is 5.32 Å². The summed E-state index contributed by atoms with van der Waals surface area (Å²) in [6.07, 6.45) is 0.960. The molecule has 0 spiro atoms. The number of rotatable bonds is 5. The maximum absolute atomic E-state index is 6.13. The van der Waals surface area contributed by atoms with Gasteiger partial charge in [-0.05, 0) is 36.7 Å². The van der Waals surface area contributed by atoms with Gasteiger partial charge in [-0.25, -0.2) is 0 Å². The van der Waals surface area contributed by atoms with Crippen molar-refractivity contribution in [3.05, 3.63) is 60.2 Å². The van der Waals surface area contributed by atoms with Crippen LogP contribution in [0.4, 0.5) is 0 Å². The molecule has 0 saturated carbocycles. The molecule has 0 saturated heterocycles. The second kappa shape index (κ2) is 6.34. The van der Waals surface area contributed by atoms with Crippen LogP contribution in [0.1, 0.15) is 18.0 Å². The summed E-state index contributed by atoms with van der Waals surface area (Å²) in [7, 11) is 1.95. The van der Waals surface area contributed by atoms with E-state index in [4.69, 9.17) is 5.73 Å². The first-order valence-corrected chi connectivity index (χ1v) is 6.37. The van der Waals surface area contributed by atoms with E-state index in [1.807, 2.05) is 13.1 Å². The van der Waals surface area contributed by atoms with Crippen LogP contribution >= 0.6 is 0 Å². The van der Waals surface area contributed by atoms with Gasteiger partial charge in [-0.1, -0.05) is 54.6 Å². The molecule has 1 atom stereocenters. The lowest BCUT2D eigenvalue weighted by atomic mass is 10.00. The van der Waals surface area contributed by atoms with Gasteiger partial charge in [0.2, 0.25) is 0 Å². The Bertz CT molecular complexity index is 462. The normalized spacial score (nSPS) is 12.3. The molecule has 0 aliphatic carbocycles. The highest BCUT2D eigenvalue weighted by atomic mass is 14.8. The Balaban J connectivity index is 2.10. The second-order valence-corrected chi connectivity index (χ2v) is 4.49. The number of nitrogens with two attached hydrogens (primary N) is 1. The number of hydrogen-bond acceptors (Lipinski definition) is 2. The second-order valence-electron chi connectivity index (χ2n) is 4.49. The lowest BCUT2D eigenvalue weighted by molar-refractivity contribution is 0.616. The molecule has 0 aliphatic rings. The van der Waals surface area contributed by atoms with Crippen molar-refractivity contribution in [2.45, 2.75) is 12.5 Å². The van der Waals surface area contributed by atoms with Gasteiger partial charge in [0.05, 0.1) is 0 Å². The largest absolute Gasteiger partial charge is 0.324 e. The van der Waals surface area contributed by atoms with E-state index < -0.39 is 0 Å². The fraction of sp³-hybridized carbons (Fsp3) is 0.250. The van der Waals surface area contributed by atoms with Crippen molar-refractivity contribution in [2.24, 2.45) is 5.73 Å². The van der Waals surface area contributed by atoms with Crippen LogP contribution in [-0.2, 0) is 0 Å². The number of hydrogen-bond donors (Lipinski definition) is 2. The molecule has 0 aromatic heterocycles. The average Bonchev–Trinajstić information content (AvgIpc) is 2.46. The molecule has 18 heavy (non-hydrogen) atoms. The molecule has 2 rings (SSSR count). The summed E-state index contributed by atoms with van der Waals surface area (Å²) < 4.78 is 0. The quantitative estimate of drug-likeness (QED) is 0.843. The van der Waals surface area contributed by atoms with Gasteiger partial charge in [-0.3, -0.25) is 0 Å². The van der Waals surface area contributed by atoms with Crippen LogP contribution in [-0.4, -0.2) is 13.6 Å². The summed E-state index contributed by atoms with van der Waals surface area (Å²) in [6.45, 7) is 0.946. The van der Waals surface area contributed by atoms with Gasteiger partial charge in [0.25, 0.3) is 0 Å². The van der Waals surface area contributed by atoms with Crippen LogP contribution < -0.4 is 11.1 Å². The van der Waals surface area contributed by atoms with Crippen LogP contribution in [0.5, 0.6) is 0 Å². The van der Waals surface area contributed by atoms with E-state index >= 15 is 0 Å². The van der Waals surface area contributed by atoms with Crippen LogP contribution in [0.3, 0.4) is 0 Å². The molecule has 2 heteroatoms. The van der Waals surface area contributed by atoms with E-state index in [0.717, 1.165) is 13.0 Å². The Morgan fingerprint density at radius 3 is 2.17 bits per heavy atom. The Kier molecular flexibility index (Phi) is 4.51. The Morgan fingerprint density at radius 2 is 1.56 bits per heavy atom. The number of benzene rings is 2. The lowest BCUT2D eigenvalue weighted by Gasteiger charge is -2.12. The van der Waals surface area contributed by atoms with E-state index in [1.54, 1.807) is 0 Å². The maximum Gasteiger partial charge on any atom is 0.0306 e. The molecule has 0 heterocycles. The first-order chi connectivity index (χ1) is 8.81. The standard InChI is InChI=1S/C16H20N2/c1-18-12-11-16(17)15-9-7-14(8-10-15)13-5-3-2-4-6-13/h2-10,16,18H,11-12,17H2,1H3. The third-order valence-corrected chi connectivity index (χ3v) is 3.15. The molecule has 2 aromatic rings. The van der Waals surface area contributed by atoms with E-state index in [2.05, 4.69) is 53.8 Å². The average molecular weight is 240 g/mol. The minimum atomic E-state index is 0.113. The molecule has 2 aromatic carbocycles. The minimum Gasteiger partial charge on any atom is -0.324 e. The zero-order chi connectivity index (χ0) is 12.8. The topological polar surface area (TPSA) is 38.0 Å². The van der Waals surface area contributed by atoms with Crippen LogP contribution in [0.15, 0.2) is 54.6 Å². The highest BCUT2D eigenvalue weighted by molar-refractivity contribution is 5.63. The summed E-state index contributed by atoms with van der Waals surface area (Å²) in [5.41, 5.74) is 9.81. The van der Waals surface area contributed by atoms with E-state index in [0.29, 0.717) is 0 Å². The molecule has 0 aliphatic heterocycles. The molecular weight excluding hydrogens is 220 g/mol. The van der Waals surface area contributed by atoms with Crippen molar-refractivity contribution < 1.29 is 0 Å². The number of nitrogens with one attached hydrogen (secondary N) is 1. The third kappa shape index (κ3) is 3.19. The van der Waals surface area contributed by atoms with Gasteiger partial charge in [0.1, 0.15) is 0 Å². The zero-order valence-electron chi connectivity index (χ0n) is 10.8. The van der Waals surface area contributed by atoms with Crippen molar-refractivity contribution in [1.29, 1.82) is 0 Å². The monoisotopic (exact) mass is 240 g/mol. The molecule has 1 unspecified atom stereocenters. The van der Waals surface area contributed by atoms with Crippen molar-refractivity contribution in [3.63, 3.8) is 0 Å². The molecule has 0 bridgehead atoms. The summed E-state index contributed by atoms with van der Waals surface area (Å²) in [6, 6.07) is 19.0. The van der Waals surface area contributed by atoms with Gasteiger partial charge < -0.3 is 11.1 Å². The third-order valence-electron chi connectivity index (χ3n) is 3.15. The van der Waals surface area contributed by atoms with Crippen molar-refractivity contribution in [3.8, 4) is 11.1 Å². The Labute approximate surface area is 109 Å². The highest BCUT2D eigenvalue weighted by Gasteiger charge is 2.05. The Morgan fingerprint density at radius 1 is 0.944 bits per heavy atom. The predicted octanol–water partition coefficient (Wildman–Crippen LogP) is 2.96. The maximum atomic E-state index is 6.13. The zero-order valence-corrected chi connectivity index (χ0v) is 10.8. The minimum absolute atomic E-state index is 0.113. The molecule has 0 amide bonds. The SMILES string of the molecule is CNCCC(N)c1ccc(-c2ccccc2)cc1. The molecule has 0 fully saturated rings. The van der Waals surface area contributed by atoms with Crippen molar-refractivity contribution >= 4 is 0 Å². The van der Waals surface area contributed by atoms with E-state index in [-0.39, 0.29) is 6.04 Å². The predicted molar refractivity (Wildman–Crippen MR) is 77.4 cm³/mol. The molecule has 94 valence electrons. The van der Waals surface area contributed by atoms with Gasteiger partial charge >= 0.3 is 0 Å². The fourth-order valence-corrected chi connectivity index (χ4v) is 2.02. The van der Waals surface area contributed by atoms with Crippen LogP contribution in [0.2, 0.25) is 0 Å². The van der Waals surface area contributed by atoms with Crippen molar-refractivity contribution in [2.75, 3.05) is 13.6 Å². The van der Waals surface area contributed by atoms with E-state index in [9.17, 15) is 0 Å². The van der Waals surface area contributed by atoms with E-state index in [1.165, 1.54) is 16.7 Å². The molecule has 3 N–H and O–H groups in total. The van der Waals surface area contributed by atoms with Gasteiger partial charge in [-0.2, -0.15) is 0 Å². The summed E-state index contributed by atoms with van der Waals surface area (Å²) >= 11 is 0. The Hall–Kier alpha value is -1.64. The summed E-state index contributed by atoms with van der Waals surface area (Å²) in [5.74, 6) is 0. The molecule has 2 nitrogen and oxygen atoms in total. The first-order valence-electron chi connectivity index (χ1n) is 6.37. The van der Waals surface area contributed by atoms with Crippen LogP contribution in [0, 0.1) is 0 Å². The summed E-state index contributed by atoms with van der Waals surface area (Å²) in [4.78, 5) is 0. The van der Waals surface area contributed by atoms with Gasteiger partial charge in [0, 0.05) is 6.04 Å². The van der Waals surface area contributed by atoms with Gasteiger partial charge in [0.15, 0.2) is 0 Å². The van der Waals surface area contributed by atoms with Crippen LogP contribution in [0.25, 0.3) is 11.1 Å². The lowest BCUT2D eigenvalue weighted by Crippen LogP contribution is -2.17.